The number of para-hydroxylation sites is 1. The van der Waals surface area contributed by atoms with Crippen molar-refractivity contribution in [1.29, 1.82) is 0 Å². The Morgan fingerprint density at radius 1 is 0.800 bits per heavy atom. The Bertz CT molecular complexity index is 722. The monoisotopic (exact) mass is 354 g/mol. The zero-order chi connectivity index (χ0) is 17.1. The van der Waals surface area contributed by atoms with Gasteiger partial charge in [0, 0.05) is 29.4 Å². The third-order valence-corrected chi connectivity index (χ3v) is 5.79. The zero-order valence-corrected chi connectivity index (χ0v) is 15.6. The van der Waals surface area contributed by atoms with Crippen molar-refractivity contribution >= 4 is 23.0 Å². The van der Waals surface area contributed by atoms with Crippen LogP contribution in [0, 0.1) is 0 Å². The van der Waals surface area contributed by atoms with E-state index >= 15 is 0 Å². The number of halogens is 1. The van der Waals surface area contributed by atoms with Crippen LogP contribution in [0.15, 0.2) is 42.5 Å². The van der Waals surface area contributed by atoms with Crippen molar-refractivity contribution in [3.05, 3.63) is 58.6 Å². The molecule has 3 heteroatoms. The van der Waals surface area contributed by atoms with Crippen LogP contribution in [-0.2, 0) is 6.42 Å². The molecule has 0 aromatic heterocycles. The molecule has 2 nitrogen and oxygen atoms in total. The highest BCUT2D eigenvalue weighted by Gasteiger charge is 2.22. The molecule has 1 saturated heterocycles. The predicted octanol–water partition coefficient (Wildman–Crippen LogP) is 5.65. The van der Waals surface area contributed by atoms with E-state index < -0.39 is 0 Å². The lowest BCUT2D eigenvalue weighted by molar-refractivity contribution is 0.225. The molecule has 0 radical (unpaired) electrons. The standard InChI is InChI=1S/C22H27ClN2/c23-20-10-11-22-19(17-20)16-18-8-2-3-9-21(18)25(22)15-7-6-14-24-12-4-1-5-13-24/h2-3,8-11,17H,1,4-7,12-16H2. The van der Waals surface area contributed by atoms with E-state index in [9.17, 15) is 0 Å². The number of piperidine rings is 1. The second-order valence-electron chi connectivity index (χ2n) is 7.34. The van der Waals surface area contributed by atoms with Gasteiger partial charge in [0.05, 0.1) is 0 Å². The maximum Gasteiger partial charge on any atom is 0.0447 e. The molecule has 0 saturated carbocycles. The minimum Gasteiger partial charge on any atom is -0.341 e. The van der Waals surface area contributed by atoms with E-state index in [2.05, 4.69) is 46.2 Å². The van der Waals surface area contributed by atoms with E-state index in [-0.39, 0.29) is 0 Å². The Morgan fingerprint density at radius 3 is 2.44 bits per heavy atom. The predicted molar refractivity (Wildman–Crippen MR) is 107 cm³/mol. The second-order valence-corrected chi connectivity index (χ2v) is 7.78. The summed E-state index contributed by atoms with van der Waals surface area (Å²) in [6.45, 7) is 4.93. The quantitative estimate of drug-likeness (QED) is 0.640. The molecule has 0 spiro atoms. The third kappa shape index (κ3) is 3.86. The maximum atomic E-state index is 6.24. The molecule has 0 atom stereocenters. The number of likely N-dealkylation sites (tertiary alicyclic amines) is 1. The molecule has 2 heterocycles. The molecular formula is C22H27ClN2. The molecule has 2 aliphatic heterocycles. The number of hydrogen-bond acceptors (Lipinski definition) is 2. The van der Waals surface area contributed by atoms with Crippen LogP contribution >= 0.6 is 11.6 Å². The molecule has 0 N–H and O–H groups in total. The fraction of sp³-hybridized carbons (Fsp3) is 0.455. The van der Waals surface area contributed by atoms with E-state index in [4.69, 9.17) is 11.6 Å². The summed E-state index contributed by atoms with van der Waals surface area (Å²) < 4.78 is 0. The number of anilines is 2. The Morgan fingerprint density at radius 2 is 1.56 bits per heavy atom. The Kier molecular flexibility index (Phi) is 5.28. The largest absolute Gasteiger partial charge is 0.341 e. The minimum absolute atomic E-state index is 0.836. The third-order valence-electron chi connectivity index (χ3n) is 5.55. The van der Waals surface area contributed by atoms with Crippen molar-refractivity contribution < 1.29 is 0 Å². The van der Waals surface area contributed by atoms with Crippen molar-refractivity contribution in [1.82, 2.24) is 4.90 Å². The summed E-state index contributed by atoms with van der Waals surface area (Å²) in [5.41, 5.74) is 5.46. The maximum absolute atomic E-state index is 6.24. The smallest absolute Gasteiger partial charge is 0.0447 e. The summed E-state index contributed by atoms with van der Waals surface area (Å²) in [4.78, 5) is 5.14. The molecule has 132 valence electrons. The van der Waals surface area contributed by atoms with Gasteiger partial charge in [-0.3, -0.25) is 0 Å². The topological polar surface area (TPSA) is 6.48 Å². The molecular weight excluding hydrogens is 328 g/mol. The van der Waals surface area contributed by atoms with E-state index in [1.165, 1.54) is 74.2 Å². The number of unbranched alkanes of at least 4 members (excludes halogenated alkanes) is 1. The van der Waals surface area contributed by atoms with E-state index in [1.807, 2.05) is 6.07 Å². The summed E-state index contributed by atoms with van der Waals surface area (Å²) in [5.74, 6) is 0. The first-order valence-electron chi connectivity index (χ1n) is 9.67. The van der Waals surface area contributed by atoms with Gasteiger partial charge in [0.25, 0.3) is 0 Å². The lowest BCUT2D eigenvalue weighted by Crippen LogP contribution is -2.31. The molecule has 1 fully saturated rings. The fourth-order valence-corrected chi connectivity index (χ4v) is 4.44. The van der Waals surface area contributed by atoms with Crippen LogP contribution in [0.4, 0.5) is 11.4 Å². The molecule has 4 rings (SSSR count). The van der Waals surface area contributed by atoms with Crippen LogP contribution in [0.2, 0.25) is 5.02 Å². The van der Waals surface area contributed by atoms with Gasteiger partial charge in [-0.15, -0.1) is 0 Å². The van der Waals surface area contributed by atoms with Crippen LogP contribution in [0.1, 0.15) is 43.2 Å². The van der Waals surface area contributed by atoms with Crippen molar-refractivity contribution in [2.24, 2.45) is 0 Å². The Hall–Kier alpha value is -1.51. The Balaban J connectivity index is 1.45. The average Bonchev–Trinajstić information content (AvgIpc) is 2.65. The van der Waals surface area contributed by atoms with Crippen LogP contribution < -0.4 is 4.90 Å². The highest BCUT2D eigenvalue weighted by molar-refractivity contribution is 6.30. The van der Waals surface area contributed by atoms with Crippen molar-refractivity contribution in [2.75, 3.05) is 31.1 Å². The summed E-state index contributed by atoms with van der Waals surface area (Å²) in [7, 11) is 0. The van der Waals surface area contributed by atoms with Gasteiger partial charge in [-0.2, -0.15) is 0 Å². The van der Waals surface area contributed by atoms with Gasteiger partial charge in [-0.25, -0.2) is 0 Å². The van der Waals surface area contributed by atoms with E-state index in [0.29, 0.717) is 0 Å². The number of hydrogen-bond donors (Lipinski definition) is 0. The molecule has 0 aliphatic carbocycles. The summed E-state index contributed by atoms with van der Waals surface area (Å²) >= 11 is 6.24. The van der Waals surface area contributed by atoms with Crippen LogP contribution in [-0.4, -0.2) is 31.1 Å². The number of rotatable bonds is 5. The van der Waals surface area contributed by atoms with Crippen LogP contribution in [0.25, 0.3) is 0 Å². The van der Waals surface area contributed by atoms with Gasteiger partial charge in [0.2, 0.25) is 0 Å². The molecule has 0 unspecified atom stereocenters. The van der Waals surface area contributed by atoms with Gasteiger partial charge in [0.1, 0.15) is 0 Å². The fourth-order valence-electron chi connectivity index (χ4n) is 4.25. The SMILES string of the molecule is Clc1ccc2c(c1)Cc1ccccc1N2CCCCN1CCCCC1. The summed E-state index contributed by atoms with van der Waals surface area (Å²) in [6.07, 6.45) is 7.67. The van der Waals surface area contributed by atoms with Gasteiger partial charge in [0.15, 0.2) is 0 Å². The molecule has 0 bridgehead atoms. The summed E-state index contributed by atoms with van der Waals surface area (Å²) in [5, 5.41) is 0.836. The van der Waals surface area contributed by atoms with Gasteiger partial charge in [-0.1, -0.05) is 36.2 Å². The number of nitrogens with zero attached hydrogens (tertiary/aromatic N) is 2. The van der Waals surface area contributed by atoms with Crippen molar-refractivity contribution in [2.45, 2.75) is 38.5 Å². The second kappa shape index (κ2) is 7.80. The highest BCUT2D eigenvalue weighted by atomic mass is 35.5. The van der Waals surface area contributed by atoms with Crippen LogP contribution in [0.3, 0.4) is 0 Å². The molecule has 0 amide bonds. The van der Waals surface area contributed by atoms with Gasteiger partial charge < -0.3 is 9.80 Å². The minimum atomic E-state index is 0.836. The highest BCUT2D eigenvalue weighted by Crippen LogP contribution is 2.39. The van der Waals surface area contributed by atoms with Crippen molar-refractivity contribution in [3.63, 3.8) is 0 Å². The number of fused-ring (bicyclic) bond motifs is 2. The Labute approximate surface area is 156 Å². The van der Waals surface area contributed by atoms with Crippen LogP contribution in [0.5, 0.6) is 0 Å². The zero-order valence-electron chi connectivity index (χ0n) is 14.9. The molecule has 2 aromatic rings. The average molecular weight is 355 g/mol. The van der Waals surface area contributed by atoms with E-state index in [1.54, 1.807) is 0 Å². The van der Waals surface area contributed by atoms with Gasteiger partial charge in [-0.05, 0) is 80.7 Å². The molecule has 25 heavy (non-hydrogen) atoms. The number of benzene rings is 2. The van der Waals surface area contributed by atoms with E-state index in [0.717, 1.165) is 18.0 Å². The first-order valence-corrected chi connectivity index (χ1v) is 10.1. The summed E-state index contributed by atoms with van der Waals surface area (Å²) in [6, 6.07) is 15.2. The lowest BCUT2D eigenvalue weighted by atomic mass is 9.95. The van der Waals surface area contributed by atoms with Gasteiger partial charge >= 0.3 is 0 Å². The first kappa shape index (κ1) is 16.9. The lowest BCUT2D eigenvalue weighted by Gasteiger charge is -2.34. The molecule has 2 aromatic carbocycles. The molecule has 2 aliphatic rings. The van der Waals surface area contributed by atoms with Crippen molar-refractivity contribution in [3.8, 4) is 0 Å². The first-order chi connectivity index (χ1) is 12.3. The normalized spacial score (nSPS) is 17.2.